The van der Waals surface area contributed by atoms with E-state index >= 15 is 0 Å². The third-order valence-electron chi connectivity index (χ3n) is 6.57. The molecule has 0 heterocycles. The van der Waals surface area contributed by atoms with E-state index in [-0.39, 0.29) is 17.0 Å². The van der Waals surface area contributed by atoms with Crippen LogP contribution in [0.3, 0.4) is 0 Å². The first-order valence-corrected chi connectivity index (χ1v) is 11.6. The van der Waals surface area contributed by atoms with Gasteiger partial charge in [-0.3, -0.25) is 0 Å². The summed E-state index contributed by atoms with van der Waals surface area (Å²) in [4.78, 5) is 0. The van der Waals surface area contributed by atoms with Crippen LogP contribution in [0.25, 0.3) is 0 Å². The number of hydrogen-bond donors (Lipinski definition) is 0. The molecule has 0 bridgehead atoms. The van der Waals surface area contributed by atoms with E-state index in [9.17, 15) is 0 Å². The third-order valence-corrected chi connectivity index (χ3v) is 6.57. The monoisotopic (exact) mass is 439 g/mol. The predicted octanol–water partition coefficient (Wildman–Crippen LogP) is 4.92. The summed E-state index contributed by atoms with van der Waals surface area (Å²) in [5.41, 5.74) is 1.55. The standard InChI is InChI=1S/C25H46N.BrH/c1-5-9-10-11-12-13-14-15-16-20-23-25(24-21-18-17-19-22-24)26(6-2,7-3)8-4;/h17-19,21-22,25H,5-16,20,23H2,1-4H3;1H/q+1;/p-1. The molecule has 0 aliphatic heterocycles. The first-order valence-electron chi connectivity index (χ1n) is 11.6. The molecular weight excluding hydrogens is 394 g/mol. The van der Waals surface area contributed by atoms with Gasteiger partial charge in [-0.2, -0.15) is 0 Å². The van der Waals surface area contributed by atoms with Gasteiger partial charge in [-0.25, -0.2) is 0 Å². The normalized spacial score (nSPS) is 12.6. The van der Waals surface area contributed by atoms with E-state index in [4.69, 9.17) is 0 Å². The lowest BCUT2D eigenvalue weighted by atomic mass is 9.95. The first-order chi connectivity index (χ1) is 12.7. The van der Waals surface area contributed by atoms with Gasteiger partial charge in [0.15, 0.2) is 0 Å². The van der Waals surface area contributed by atoms with E-state index in [1.165, 1.54) is 94.7 Å². The molecule has 0 N–H and O–H groups in total. The third kappa shape index (κ3) is 9.61. The molecule has 0 amide bonds. The fourth-order valence-corrected chi connectivity index (χ4v) is 4.59. The summed E-state index contributed by atoms with van der Waals surface area (Å²) in [6.07, 6.45) is 15.6. The van der Waals surface area contributed by atoms with Crippen molar-refractivity contribution in [2.45, 2.75) is 104 Å². The van der Waals surface area contributed by atoms with Crippen molar-refractivity contribution in [1.82, 2.24) is 0 Å². The summed E-state index contributed by atoms with van der Waals surface area (Å²) in [5, 5.41) is 0. The Hall–Kier alpha value is -0.340. The van der Waals surface area contributed by atoms with Crippen molar-refractivity contribution in [3.63, 3.8) is 0 Å². The van der Waals surface area contributed by atoms with Gasteiger partial charge in [0.2, 0.25) is 0 Å². The van der Waals surface area contributed by atoms with Crippen LogP contribution in [0.5, 0.6) is 0 Å². The van der Waals surface area contributed by atoms with E-state index in [0.717, 1.165) is 0 Å². The van der Waals surface area contributed by atoms with Gasteiger partial charge in [-0.05, 0) is 27.2 Å². The topological polar surface area (TPSA) is 0 Å². The van der Waals surface area contributed by atoms with Crippen molar-refractivity contribution in [2.75, 3.05) is 19.6 Å². The Morgan fingerprint density at radius 3 is 1.52 bits per heavy atom. The van der Waals surface area contributed by atoms with Gasteiger partial charge in [-0.15, -0.1) is 0 Å². The van der Waals surface area contributed by atoms with Crippen molar-refractivity contribution in [2.24, 2.45) is 0 Å². The number of nitrogens with zero attached hydrogens (tertiary/aromatic N) is 1. The highest BCUT2D eigenvalue weighted by Gasteiger charge is 2.32. The largest absolute Gasteiger partial charge is 1.00 e. The van der Waals surface area contributed by atoms with Crippen molar-refractivity contribution in [1.29, 1.82) is 0 Å². The fourth-order valence-electron chi connectivity index (χ4n) is 4.59. The first kappa shape index (κ1) is 26.7. The van der Waals surface area contributed by atoms with E-state index < -0.39 is 0 Å². The molecule has 1 aromatic carbocycles. The maximum absolute atomic E-state index is 2.38. The van der Waals surface area contributed by atoms with Crippen LogP contribution >= 0.6 is 0 Å². The average molecular weight is 441 g/mol. The highest BCUT2D eigenvalue weighted by atomic mass is 79.9. The molecule has 0 saturated carbocycles. The average Bonchev–Trinajstić information content (AvgIpc) is 2.70. The summed E-state index contributed by atoms with van der Waals surface area (Å²) in [7, 11) is 0. The van der Waals surface area contributed by atoms with Crippen LogP contribution in [0.15, 0.2) is 30.3 Å². The number of benzene rings is 1. The predicted molar refractivity (Wildman–Crippen MR) is 118 cm³/mol. The van der Waals surface area contributed by atoms with Crippen LogP contribution in [0.1, 0.15) is 110 Å². The maximum atomic E-state index is 2.38. The Morgan fingerprint density at radius 2 is 1.07 bits per heavy atom. The minimum atomic E-state index is 0. The molecule has 27 heavy (non-hydrogen) atoms. The quantitative estimate of drug-likeness (QED) is 0.253. The van der Waals surface area contributed by atoms with Crippen molar-refractivity contribution < 1.29 is 21.5 Å². The van der Waals surface area contributed by atoms with Gasteiger partial charge < -0.3 is 21.5 Å². The molecule has 2 heteroatoms. The smallest absolute Gasteiger partial charge is 0.115 e. The van der Waals surface area contributed by atoms with E-state index in [2.05, 4.69) is 58.0 Å². The van der Waals surface area contributed by atoms with Crippen molar-refractivity contribution >= 4 is 0 Å². The molecule has 0 radical (unpaired) electrons. The second-order valence-corrected chi connectivity index (χ2v) is 8.06. The maximum Gasteiger partial charge on any atom is 0.115 e. The summed E-state index contributed by atoms with van der Waals surface area (Å²) in [6, 6.07) is 12.0. The van der Waals surface area contributed by atoms with Gasteiger partial charge in [0.25, 0.3) is 0 Å². The van der Waals surface area contributed by atoms with Crippen LogP contribution in [-0.4, -0.2) is 24.1 Å². The number of halogens is 1. The molecule has 0 aliphatic carbocycles. The second-order valence-electron chi connectivity index (χ2n) is 8.06. The van der Waals surface area contributed by atoms with Crippen LogP contribution in [0.4, 0.5) is 0 Å². The van der Waals surface area contributed by atoms with Crippen LogP contribution < -0.4 is 17.0 Å². The zero-order chi connectivity index (χ0) is 19.1. The number of unbranched alkanes of at least 4 members (excludes halogenated alkanes) is 9. The lowest BCUT2D eigenvalue weighted by Gasteiger charge is -2.43. The van der Waals surface area contributed by atoms with Crippen molar-refractivity contribution in [3.05, 3.63) is 35.9 Å². The summed E-state index contributed by atoms with van der Waals surface area (Å²) < 4.78 is 1.24. The molecular formula is C25H46BrN. The highest BCUT2D eigenvalue weighted by Crippen LogP contribution is 2.33. The van der Waals surface area contributed by atoms with Gasteiger partial charge in [0.1, 0.15) is 6.04 Å². The second kappa shape index (κ2) is 16.6. The molecule has 0 aliphatic rings. The van der Waals surface area contributed by atoms with Crippen LogP contribution in [0, 0.1) is 0 Å². The van der Waals surface area contributed by atoms with E-state index in [1.54, 1.807) is 5.56 Å². The Bertz CT molecular complexity index is 419. The van der Waals surface area contributed by atoms with E-state index in [1.807, 2.05) is 0 Å². The van der Waals surface area contributed by atoms with Gasteiger partial charge in [-0.1, -0.05) is 95.0 Å². The molecule has 1 atom stereocenters. The molecule has 1 unspecified atom stereocenters. The van der Waals surface area contributed by atoms with E-state index in [0.29, 0.717) is 6.04 Å². The Morgan fingerprint density at radius 1 is 0.630 bits per heavy atom. The molecule has 158 valence electrons. The minimum absolute atomic E-state index is 0. The van der Waals surface area contributed by atoms with Crippen LogP contribution in [0.2, 0.25) is 0 Å². The lowest BCUT2D eigenvalue weighted by Crippen LogP contribution is -3.00. The van der Waals surface area contributed by atoms with Gasteiger partial charge >= 0.3 is 0 Å². The molecule has 1 rings (SSSR count). The molecule has 0 aromatic heterocycles. The lowest BCUT2D eigenvalue weighted by molar-refractivity contribution is -0.953. The Kier molecular flexibility index (Phi) is 16.4. The zero-order valence-corrected chi connectivity index (χ0v) is 20.3. The molecule has 0 fully saturated rings. The SMILES string of the molecule is CCCCCCCCCCCCC(c1ccccc1)[N+](CC)(CC)CC.[Br-]. The highest BCUT2D eigenvalue weighted by molar-refractivity contribution is 5.17. The number of rotatable bonds is 16. The molecule has 0 spiro atoms. The zero-order valence-electron chi connectivity index (χ0n) is 18.7. The fraction of sp³-hybridized carbons (Fsp3) is 0.760. The minimum Gasteiger partial charge on any atom is -1.00 e. The summed E-state index contributed by atoms with van der Waals surface area (Å²) in [5.74, 6) is 0. The summed E-state index contributed by atoms with van der Waals surface area (Å²) >= 11 is 0. The Labute approximate surface area is 181 Å². The Balaban J connectivity index is 0.00000676. The van der Waals surface area contributed by atoms with Gasteiger partial charge in [0, 0.05) is 12.0 Å². The number of quaternary nitrogens is 1. The molecule has 0 saturated heterocycles. The number of hydrogen-bond acceptors (Lipinski definition) is 0. The summed E-state index contributed by atoms with van der Waals surface area (Å²) in [6.45, 7) is 13.1. The van der Waals surface area contributed by atoms with Gasteiger partial charge in [0.05, 0.1) is 19.6 Å². The van der Waals surface area contributed by atoms with Crippen molar-refractivity contribution in [3.8, 4) is 0 Å². The molecule has 1 aromatic rings. The molecule has 1 nitrogen and oxygen atoms in total. The van der Waals surface area contributed by atoms with Crippen LogP contribution in [-0.2, 0) is 0 Å².